The van der Waals surface area contributed by atoms with Crippen LogP contribution in [0.5, 0.6) is 11.5 Å². The summed E-state index contributed by atoms with van der Waals surface area (Å²) in [6.45, 7) is 8.56. The highest BCUT2D eigenvalue weighted by atomic mass is 32.2. The second-order valence-corrected chi connectivity index (χ2v) is 11.4. The Hall–Kier alpha value is -2.78. The molecule has 2 aromatic carbocycles. The zero-order chi connectivity index (χ0) is 23.1. The van der Waals surface area contributed by atoms with E-state index < -0.39 is 10.0 Å². The lowest BCUT2D eigenvalue weighted by Gasteiger charge is -2.46. The summed E-state index contributed by atoms with van der Waals surface area (Å²) in [4.78, 5) is 12.9. The monoisotopic (exact) mass is 459 g/mol. The molecule has 0 spiro atoms. The van der Waals surface area contributed by atoms with Crippen LogP contribution in [0.2, 0.25) is 0 Å². The van der Waals surface area contributed by atoms with Crippen molar-refractivity contribution in [1.82, 2.24) is 10.6 Å². The van der Waals surface area contributed by atoms with Crippen molar-refractivity contribution in [2.75, 3.05) is 11.5 Å². The summed E-state index contributed by atoms with van der Waals surface area (Å²) < 4.78 is 38.9. The summed E-state index contributed by atoms with van der Waals surface area (Å²) in [5, 5.41) is 6.67. The molecule has 2 heterocycles. The molecule has 0 aliphatic carbocycles. The number of hydrogen-bond donors (Lipinski definition) is 3. The lowest BCUT2D eigenvalue weighted by molar-refractivity contribution is 0.0873. The van der Waals surface area contributed by atoms with Gasteiger partial charge in [0.15, 0.2) is 11.5 Å². The third kappa shape index (κ3) is 4.99. The molecule has 2 aliphatic rings. The number of piperidine rings is 1. The molecule has 3 N–H and O–H groups in total. The maximum Gasteiger partial charge on any atom is 0.261 e. The number of sulfonamides is 1. The van der Waals surface area contributed by atoms with E-state index >= 15 is 0 Å². The van der Waals surface area contributed by atoms with Crippen LogP contribution in [0.25, 0.3) is 0 Å². The first-order chi connectivity index (χ1) is 14.9. The summed E-state index contributed by atoms with van der Waals surface area (Å²) in [6, 6.07) is 10.8. The van der Waals surface area contributed by atoms with Crippen molar-refractivity contribution >= 4 is 21.6 Å². The second kappa shape index (κ2) is 7.97. The van der Waals surface area contributed by atoms with Crippen LogP contribution in [0.1, 0.15) is 50.9 Å². The van der Waals surface area contributed by atoms with Crippen molar-refractivity contribution in [3.63, 3.8) is 0 Å². The Balaban J connectivity index is 1.49. The number of anilines is 1. The van der Waals surface area contributed by atoms with Gasteiger partial charge in [0.25, 0.3) is 15.9 Å². The Bertz CT molecular complexity index is 1130. The molecule has 0 aromatic heterocycles. The van der Waals surface area contributed by atoms with Gasteiger partial charge in [0.05, 0.1) is 10.6 Å². The Morgan fingerprint density at radius 2 is 1.69 bits per heavy atom. The molecule has 1 fully saturated rings. The van der Waals surface area contributed by atoms with E-state index in [1.807, 2.05) is 0 Å². The van der Waals surface area contributed by atoms with E-state index in [4.69, 9.17) is 9.47 Å². The zero-order valence-corrected chi connectivity index (χ0v) is 19.5. The first-order valence-corrected chi connectivity index (χ1v) is 12.0. The van der Waals surface area contributed by atoms with Crippen LogP contribution in [0.4, 0.5) is 5.69 Å². The van der Waals surface area contributed by atoms with Crippen LogP contribution in [0.3, 0.4) is 0 Å². The number of benzene rings is 2. The molecule has 0 atom stereocenters. The number of rotatable bonds is 5. The van der Waals surface area contributed by atoms with Gasteiger partial charge in [-0.25, -0.2) is 8.42 Å². The molecular weight excluding hydrogens is 430 g/mol. The summed E-state index contributed by atoms with van der Waals surface area (Å²) in [7, 11) is -3.89. The van der Waals surface area contributed by atoms with Crippen LogP contribution >= 0.6 is 0 Å². The van der Waals surface area contributed by atoms with Gasteiger partial charge in [0.2, 0.25) is 6.79 Å². The van der Waals surface area contributed by atoms with Gasteiger partial charge >= 0.3 is 0 Å². The molecule has 9 heteroatoms. The number of hydrogen-bond acceptors (Lipinski definition) is 6. The van der Waals surface area contributed by atoms with E-state index in [0.29, 0.717) is 22.7 Å². The molecule has 172 valence electrons. The molecule has 32 heavy (non-hydrogen) atoms. The number of nitrogens with one attached hydrogen (secondary N) is 3. The summed E-state index contributed by atoms with van der Waals surface area (Å²) >= 11 is 0. The van der Waals surface area contributed by atoms with Gasteiger partial charge in [-0.2, -0.15) is 0 Å². The highest BCUT2D eigenvalue weighted by Crippen LogP contribution is 2.35. The highest BCUT2D eigenvalue weighted by Gasteiger charge is 2.38. The number of carbonyl (C=O) groups is 1. The lowest BCUT2D eigenvalue weighted by atomic mass is 9.79. The van der Waals surface area contributed by atoms with Gasteiger partial charge in [0.1, 0.15) is 0 Å². The van der Waals surface area contributed by atoms with Crippen molar-refractivity contribution in [3.05, 3.63) is 48.0 Å². The zero-order valence-electron chi connectivity index (χ0n) is 18.7. The quantitative estimate of drug-likeness (QED) is 0.634. The van der Waals surface area contributed by atoms with Crippen molar-refractivity contribution in [2.45, 2.75) is 62.6 Å². The third-order valence-corrected chi connectivity index (χ3v) is 6.94. The van der Waals surface area contributed by atoms with Crippen LogP contribution in [0, 0.1) is 0 Å². The first-order valence-electron chi connectivity index (χ1n) is 10.6. The minimum atomic E-state index is -3.89. The van der Waals surface area contributed by atoms with E-state index in [1.54, 1.807) is 30.3 Å². The Labute approximate surface area is 188 Å². The molecule has 8 nitrogen and oxygen atoms in total. The normalized spacial score (nSPS) is 19.4. The van der Waals surface area contributed by atoms with Gasteiger partial charge in [-0.3, -0.25) is 9.52 Å². The largest absolute Gasteiger partial charge is 0.454 e. The standard InChI is InChI=1S/C23H29N3O5S/c1-22(2)12-17(13-23(3,4)26-22)24-21(27)15-6-5-7-18(10-15)32(28,29)25-16-8-9-19-20(11-16)31-14-30-19/h5-11,17,25-26H,12-14H2,1-4H3,(H,24,27). The van der Waals surface area contributed by atoms with Crippen molar-refractivity contribution in [2.24, 2.45) is 0 Å². The molecule has 4 rings (SSSR count). The minimum Gasteiger partial charge on any atom is -0.454 e. The molecule has 0 bridgehead atoms. The number of amides is 1. The fourth-order valence-corrected chi connectivity index (χ4v) is 5.77. The molecule has 0 radical (unpaired) electrons. The lowest BCUT2D eigenvalue weighted by Crippen LogP contribution is -2.62. The average Bonchev–Trinajstić information content (AvgIpc) is 3.13. The molecule has 0 unspecified atom stereocenters. The second-order valence-electron chi connectivity index (χ2n) is 9.67. The smallest absolute Gasteiger partial charge is 0.261 e. The number of fused-ring (bicyclic) bond motifs is 1. The van der Waals surface area contributed by atoms with Crippen LogP contribution < -0.4 is 24.8 Å². The van der Waals surface area contributed by atoms with Gasteiger partial charge in [-0.1, -0.05) is 6.07 Å². The minimum absolute atomic E-state index is 0.00814. The third-order valence-electron chi connectivity index (χ3n) is 5.56. The van der Waals surface area contributed by atoms with Gasteiger partial charge in [-0.05, 0) is 70.9 Å². The van der Waals surface area contributed by atoms with Crippen molar-refractivity contribution in [3.8, 4) is 11.5 Å². The fourth-order valence-electron chi connectivity index (χ4n) is 4.67. The molecular formula is C23H29N3O5S. The van der Waals surface area contributed by atoms with Gasteiger partial charge in [-0.15, -0.1) is 0 Å². The Kier molecular flexibility index (Phi) is 5.58. The average molecular weight is 460 g/mol. The van der Waals surface area contributed by atoms with Crippen LogP contribution in [-0.2, 0) is 10.0 Å². The number of carbonyl (C=O) groups excluding carboxylic acids is 1. The van der Waals surface area contributed by atoms with Gasteiger partial charge in [0, 0.05) is 28.7 Å². The van der Waals surface area contributed by atoms with E-state index in [1.165, 1.54) is 12.1 Å². The summed E-state index contributed by atoms with van der Waals surface area (Å²) in [5.41, 5.74) is 0.426. The Morgan fingerprint density at radius 1 is 1.00 bits per heavy atom. The molecule has 2 aliphatic heterocycles. The number of ether oxygens (including phenoxy) is 2. The van der Waals surface area contributed by atoms with Crippen molar-refractivity contribution < 1.29 is 22.7 Å². The maximum absolute atomic E-state index is 12.9. The Morgan fingerprint density at radius 3 is 2.41 bits per heavy atom. The maximum atomic E-state index is 12.9. The molecule has 0 saturated carbocycles. The molecule has 2 aromatic rings. The predicted octanol–water partition coefficient (Wildman–Crippen LogP) is 3.26. The summed E-state index contributed by atoms with van der Waals surface area (Å²) in [6.07, 6.45) is 1.57. The van der Waals surface area contributed by atoms with E-state index in [2.05, 4.69) is 43.1 Å². The topological polar surface area (TPSA) is 106 Å². The highest BCUT2D eigenvalue weighted by molar-refractivity contribution is 7.92. The van der Waals surface area contributed by atoms with E-state index in [-0.39, 0.29) is 34.7 Å². The van der Waals surface area contributed by atoms with E-state index in [9.17, 15) is 13.2 Å². The van der Waals surface area contributed by atoms with E-state index in [0.717, 1.165) is 12.8 Å². The van der Waals surface area contributed by atoms with Crippen LogP contribution in [0.15, 0.2) is 47.4 Å². The molecule has 1 amide bonds. The molecule has 1 saturated heterocycles. The van der Waals surface area contributed by atoms with Crippen LogP contribution in [-0.4, -0.2) is 38.2 Å². The van der Waals surface area contributed by atoms with Crippen molar-refractivity contribution in [1.29, 1.82) is 0 Å². The van der Waals surface area contributed by atoms with Gasteiger partial charge < -0.3 is 20.1 Å². The first kappa shape index (κ1) is 22.4. The predicted molar refractivity (Wildman–Crippen MR) is 122 cm³/mol. The SMILES string of the molecule is CC1(C)CC(NC(=O)c2cccc(S(=O)(=O)Nc3ccc4c(c3)OCO4)c2)CC(C)(C)N1. The summed E-state index contributed by atoms with van der Waals surface area (Å²) in [5.74, 6) is 0.755. The fraction of sp³-hybridized carbons (Fsp3) is 0.435.